The van der Waals surface area contributed by atoms with E-state index in [1.165, 1.54) is 10.9 Å². The van der Waals surface area contributed by atoms with Gasteiger partial charge in [-0.3, -0.25) is 4.99 Å². The van der Waals surface area contributed by atoms with Crippen LogP contribution >= 0.6 is 0 Å². The molecule has 1 atom stereocenters. The van der Waals surface area contributed by atoms with Gasteiger partial charge in [-0.25, -0.2) is 0 Å². The molecule has 0 radical (unpaired) electrons. The smallest absolute Gasteiger partial charge is 0.518 e. The van der Waals surface area contributed by atoms with Gasteiger partial charge < -0.3 is 14.3 Å². The molecule has 1 aliphatic heterocycles. The number of aromatic nitrogens is 2. The summed E-state index contributed by atoms with van der Waals surface area (Å²) in [5.41, 5.74) is 9.25. The summed E-state index contributed by atoms with van der Waals surface area (Å²) >= 11 is 0. The van der Waals surface area contributed by atoms with Crippen LogP contribution in [0.15, 0.2) is 102 Å². The fourth-order valence-electron chi connectivity index (χ4n) is 5.80. The van der Waals surface area contributed by atoms with Gasteiger partial charge in [0.05, 0.1) is 12.6 Å². The van der Waals surface area contributed by atoms with Crippen LogP contribution in [0.2, 0.25) is 0 Å². The van der Waals surface area contributed by atoms with E-state index in [2.05, 4.69) is 136 Å². The Balaban J connectivity index is 0.00000343. The van der Waals surface area contributed by atoms with Crippen LogP contribution in [0.4, 0.5) is 0 Å². The van der Waals surface area contributed by atoms with Crippen LogP contribution in [0.25, 0.3) is 49.9 Å². The van der Waals surface area contributed by atoms with Crippen molar-refractivity contribution < 1.29 is 25.8 Å². The number of benzene rings is 4. The van der Waals surface area contributed by atoms with Gasteiger partial charge in [-0.1, -0.05) is 106 Å². The van der Waals surface area contributed by atoms with Gasteiger partial charge in [0.15, 0.2) is 0 Å². The maximum absolute atomic E-state index is 6.16. The molecule has 0 saturated heterocycles. The van der Waals surface area contributed by atoms with Crippen molar-refractivity contribution in [2.24, 2.45) is 10.9 Å². The van der Waals surface area contributed by atoms with E-state index in [4.69, 9.17) is 14.7 Å². The average Bonchev–Trinajstić information content (AvgIpc) is 3.65. The molecule has 4 nitrogen and oxygen atoms in total. The summed E-state index contributed by atoms with van der Waals surface area (Å²) in [5.74, 6) is 1.07. The number of hydrogen-bond acceptors (Lipinski definition) is 3. The van der Waals surface area contributed by atoms with Crippen LogP contribution in [0, 0.1) is 18.1 Å². The molecule has 2 aromatic heterocycles. The van der Waals surface area contributed by atoms with Crippen molar-refractivity contribution in [3.8, 4) is 28.1 Å². The van der Waals surface area contributed by atoms with E-state index < -0.39 is 0 Å². The number of aliphatic imine (C=N–C) groups is 1. The largest absolute Gasteiger partial charge is 2.00 e. The molecule has 0 N–H and O–H groups in total. The van der Waals surface area contributed by atoms with E-state index in [0.29, 0.717) is 18.4 Å². The Labute approximate surface area is 274 Å². The monoisotopic (exact) mass is 756 g/mol. The fraction of sp³-hybridized carbons (Fsp3) is 0.231. The standard InChI is InChI=1S/C39H35N3O.Pt/c1-25(2)35-24-43-38(41-35)29-19-28(26-11-7-6-8-12-26)20-31(21-29)42-36-14-10-9-13-32(36)33-16-15-27(22-37(33)42)34-23-30(17-18-40-34)39(3,4)5;/h6-20,23,25,35H,24H2,1-5H3;/q-2;+2/t35-;/m0./s1. The first-order chi connectivity index (χ1) is 20.8. The predicted octanol–water partition coefficient (Wildman–Crippen LogP) is 9.21. The molecule has 0 spiro atoms. The number of para-hydroxylation sites is 1. The van der Waals surface area contributed by atoms with Gasteiger partial charge in [-0.15, -0.1) is 42.0 Å². The quantitative estimate of drug-likeness (QED) is 0.165. The van der Waals surface area contributed by atoms with Gasteiger partial charge in [0, 0.05) is 11.7 Å². The fourth-order valence-corrected chi connectivity index (χ4v) is 5.80. The molecule has 4 aromatic carbocycles. The van der Waals surface area contributed by atoms with E-state index in [9.17, 15) is 0 Å². The zero-order valence-corrected chi connectivity index (χ0v) is 27.9. The van der Waals surface area contributed by atoms with Crippen LogP contribution in [-0.2, 0) is 31.2 Å². The number of fused-ring (bicyclic) bond motifs is 3. The third-order valence-electron chi connectivity index (χ3n) is 8.36. The number of pyridine rings is 1. The molecular weight excluding hydrogens is 722 g/mol. The van der Waals surface area contributed by atoms with E-state index >= 15 is 0 Å². The van der Waals surface area contributed by atoms with E-state index in [0.717, 1.165) is 50.1 Å². The van der Waals surface area contributed by atoms with Crippen LogP contribution < -0.4 is 0 Å². The summed E-state index contributed by atoms with van der Waals surface area (Å²) in [6, 6.07) is 39.6. The summed E-state index contributed by atoms with van der Waals surface area (Å²) < 4.78 is 8.43. The van der Waals surface area contributed by atoms with Crippen molar-refractivity contribution in [3.05, 3.63) is 120 Å². The Morgan fingerprint density at radius 2 is 1.59 bits per heavy atom. The third-order valence-corrected chi connectivity index (χ3v) is 8.36. The Morgan fingerprint density at radius 1 is 0.818 bits per heavy atom. The molecule has 6 aromatic rings. The summed E-state index contributed by atoms with van der Waals surface area (Å²) in [4.78, 5) is 9.71. The van der Waals surface area contributed by atoms with Crippen LogP contribution in [0.5, 0.6) is 0 Å². The second-order valence-electron chi connectivity index (χ2n) is 12.8. The Morgan fingerprint density at radius 3 is 2.34 bits per heavy atom. The number of nitrogens with zero attached hydrogens (tertiary/aromatic N) is 3. The van der Waals surface area contributed by atoms with Crippen molar-refractivity contribution in [3.63, 3.8) is 0 Å². The van der Waals surface area contributed by atoms with Crippen LogP contribution in [0.3, 0.4) is 0 Å². The molecule has 0 saturated carbocycles. The van der Waals surface area contributed by atoms with E-state index in [1.807, 2.05) is 12.3 Å². The minimum Gasteiger partial charge on any atom is -0.518 e. The second kappa shape index (κ2) is 11.8. The number of ether oxygens (including phenoxy) is 1. The first-order valence-electron chi connectivity index (χ1n) is 15.0. The minimum atomic E-state index is 0. The van der Waals surface area contributed by atoms with Crippen LogP contribution in [-0.4, -0.2) is 28.1 Å². The van der Waals surface area contributed by atoms with Gasteiger partial charge in [0.2, 0.25) is 0 Å². The zero-order chi connectivity index (χ0) is 29.7. The molecule has 0 bridgehead atoms. The van der Waals surface area contributed by atoms with Crippen LogP contribution in [0.1, 0.15) is 45.7 Å². The minimum absolute atomic E-state index is 0. The molecule has 0 aliphatic carbocycles. The Kier molecular flexibility index (Phi) is 8.07. The molecular formula is C39H35N3OPt. The van der Waals surface area contributed by atoms with Gasteiger partial charge >= 0.3 is 21.1 Å². The Bertz CT molecular complexity index is 2000. The summed E-state index contributed by atoms with van der Waals surface area (Å²) in [7, 11) is 0. The average molecular weight is 757 g/mol. The summed E-state index contributed by atoms with van der Waals surface area (Å²) in [5, 5.41) is 2.31. The molecule has 1 aliphatic rings. The predicted molar refractivity (Wildman–Crippen MR) is 177 cm³/mol. The molecule has 44 heavy (non-hydrogen) atoms. The number of rotatable bonds is 5. The second-order valence-corrected chi connectivity index (χ2v) is 12.8. The summed E-state index contributed by atoms with van der Waals surface area (Å²) in [6.07, 6.45) is 1.90. The van der Waals surface area contributed by atoms with E-state index in [-0.39, 0.29) is 32.5 Å². The Hall–Kier alpha value is -4.01. The van der Waals surface area contributed by atoms with Crippen molar-refractivity contribution in [2.45, 2.75) is 46.1 Å². The molecule has 5 heteroatoms. The first kappa shape index (κ1) is 30.0. The van der Waals surface area contributed by atoms with Gasteiger partial charge in [-0.2, -0.15) is 0 Å². The number of hydrogen-bond donors (Lipinski definition) is 0. The molecule has 0 fully saturated rings. The van der Waals surface area contributed by atoms with E-state index in [1.54, 1.807) is 0 Å². The first-order valence-corrected chi connectivity index (χ1v) is 15.0. The molecule has 0 amide bonds. The van der Waals surface area contributed by atoms with Crippen molar-refractivity contribution in [1.29, 1.82) is 0 Å². The normalized spacial score (nSPS) is 15.0. The zero-order valence-electron chi connectivity index (χ0n) is 25.7. The molecule has 3 heterocycles. The van der Waals surface area contributed by atoms with Gasteiger partial charge in [0.25, 0.3) is 0 Å². The summed E-state index contributed by atoms with van der Waals surface area (Å²) in [6.45, 7) is 11.7. The maximum Gasteiger partial charge on any atom is 2.00 e. The van der Waals surface area contributed by atoms with Gasteiger partial charge in [-0.05, 0) is 56.9 Å². The topological polar surface area (TPSA) is 39.4 Å². The SMILES string of the molecule is CC(C)[C@@H]1COC(c2[c-]c(-n3c4[c-]c(-c5cc(C(C)(C)C)ccn5)ccc4c4ccccc43)cc(-c3ccccc3)c2)=N1.[Pt+2]. The van der Waals surface area contributed by atoms with Crippen molar-refractivity contribution >= 4 is 27.7 Å². The maximum atomic E-state index is 6.16. The van der Waals surface area contributed by atoms with Gasteiger partial charge in [0.1, 0.15) is 5.90 Å². The van der Waals surface area contributed by atoms with Crippen molar-refractivity contribution in [2.75, 3.05) is 6.61 Å². The van der Waals surface area contributed by atoms with Crippen molar-refractivity contribution in [1.82, 2.24) is 9.55 Å². The molecule has 0 unspecified atom stereocenters. The molecule has 7 rings (SSSR count). The molecule has 222 valence electrons. The third kappa shape index (κ3) is 5.53.